The van der Waals surface area contributed by atoms with Crippen molar-refractivity contribution in [1.29, 1.82) is 0 Å². The molecule has 4 rings (SSSR count). The highest BCUT2D eigenvalue weighted by molar-refractivity contribution is 9.10. The minimum Gasteiger partial charge on any atom is -0.493 e. The molecule has 0 spiro atoms. The number of aliphatic hydroxyl groups excluding tert-OH is 1. The molecule has 0 saturated carbocycles. The zero-order valence-electron chi connectivity index (χ0n) is 16.5. The van der Waals surface area contributed by atoms with Crippen LogP contribution >= 0.6 is 15.9 Å². The fourth-order valence-electron chi connectivity index (χ4n) is 3.83. The van der Waals surface area contributed by atoms with Crippen molar-refractivity contribution in [1.82, 2.24) is 4.90 Å². The van der Waals surface area contributed by atoms with E-state index in [1.54, 1.807) is 41.3 Å². The zero-order chi connectivity index (χ0) is 21.4. The van der Waals surface area contributed by atoms with E-state index in [9.17, 15) is 14.7 Å². The second kappa shape index (κ2) is 8.12. The maximum absolute atomic E-state index is 13.4. The highest BCUT2D eigenvalue weighted by atomic mass is 79.9. The van der Waals surface area contributed by atoms with Gasteiger partial charge < -0.3 is 23.9 Å². The lowest BCUT2D eigenvalue weighted by molar-refractivity contribution is 0.0716. The number of carbonyl (C=O) groups excluding carboxylic acids is 1. The lowest BCUT2D eigenvalue weighted by Gasteiger charge is -2.25. The van der Waals surface area contributed by atoms with Crippen LogP contribution in [0.25, 0.3) is 11.0 Å². The van der Waals surface area contributed by atoms with Crippen LogP contribution in [0, 0.1) is 0 Å². The predicted molar refractivity (Wildman–Crippen MR) is 114 cm³/mol. The summed E-state index contributed by atoms with van der Waals surface area (Å²) in [6.07, 6.45) is 0.378. The van der Waals surface area contributed by atoms with Gasteiger partial charge in [0.05, 0.1) is 31.2 Å². The van der Waals surface area contributed by atoms with E-state index in [4.69, 9.17) is 13.9 Å². The zero-order valence-corrected chi connectivity index (χ0v) is 18.1. The molecule has 1 unspecified atom stereocenters. The Morgan fingerprint density at radius 2 is 1.87 bits per heavy atom. The SMILES string of the molecule is COc1ccc(C2c3c(oc4ccc(Br)cc4c3=O)C(=O)N2CCCO)cc1OC. The number of methoxy groups -OCH3 is 2. The molecule has 7 nitrogen and oxygen atoms in total. The molecule has 30 heavy (non-hydrogen) atoms. The first-order chi connectivity index (χ1) is 14.5. The minimum atomic E-state index is -0.654. The average Bonchev–Trinajstić information content (AvgIpc) is 3.04. The molecular formula is C22H20BrNO6. The summed E-state index contributed by atoms with van der Waals surface area (Å²) in [4.78, 5) is 28.2. The van der Waals surface area contributed by atoms with E-state index in [-0.39, 0.29) is 35.8 Å². The molecule has 1 amide bonds. The molecule has 3 aromatic rings. The molecule has 1 aliphatic heterocycles. The van der Waals surface area contributed by atoms with Crippen molar-refractivity contribution in [2.45, 2.75) is 12.5 Å². The molecule has 0 aliphatic carbocycles. The summed E-state index contributed by atoms with van der Waals surface area (Å²) >= 11 is 3.38. The van der Waals surface area contributed by atoms with E-state index in [1.165, 1.54) is 14.2 Å². The van der Waals surface area contributed by atoms with Crippen molar-refractivity contribution in [2.75, 3.05) is 27.4 Å². The van der Waals surface area contributed by atoms with E-state index in [2.05, 4.69) is 15.9 Å². The van der Waals surface area contributed by atoms with Gasteiger partial charge in [-0.15, -0.1) is 0 Å². The first-order valence-corrected chi connectivity index (χ1v) is 10.2. The molecule has 2 heterocycles. The number of rotatable bonds is 6. The van der Waals surface area contributed by atoms with Gasteiger partial charge in [-0.3, -0.25) is 9.59 Å². The van der Waals surface area contributed by atoms with E-state index < -0.39 is 6.04 Å². The van der Waals surface area contributed by atoms with E-state index in [1.807, 2.05) is 0 Å². The molecule has 1 aromatic heterocycles. The second-order valence-electron chi connectivity index (χ2n) is 6.91. The molecule has 2 aromatic carbocycles. The van der Waals surface area contributed by atoms with Gasteiger partial charge in [-0.2, -0.15) is 0 Å². The highest BCUT2D eigenvalue weighted by Crippen LogP contribution is 2.41. The van der Waals surface area contributed by atoms with Crippen LogP contribution in [-0.4, -0.2) is 43.3 Å². The maximum Gasteiger partial charge on any atom is 0.290 e. The largest absolute Gasteiger partial charge is 0.493 e. The van der Waals surface area contributed by atoms with Gasteiger partial charge in [-0.25, -0.2) is 0 Å². The smallest absolute Gasteiger partial charge is 0.290 e. The van der Waals surface area contributed by atoms with Gasteiger partial charge in [0.25, 0.3) is 5.91 Å². The fraction of sp³-hybridized carbons (Fsp3) is 0.273. The van der Waals surface area contributed by atoms with Crippen LogP contribution in [0.3, 0.4) is 0 Å². The third-order valence-corrected chi connectivity index (χ3v) is 5.70. The van der Waals surface area contributed by atoms with Gasteiger partial charge in [-0.1, -0.05) is 22.0 Å². The molecule has 0 radical (unpaired) electrons. The van der Waals surface area contributed by atoms with Crippen LogP contribution in [-0.2, 0) is 0 Å². The third kappa shape index (κ3) is 3.26. The Balaban J connectivity index is 1.96. The molecule has 0 fully saturated rings. The van der Waals surface area contributed by atoms with E-state index >= 15 is 0 Å². The van der Waals surface area contributed by atoms with Crippen LogP contribution in [0.2, 0.25) is 0 Å². The Kier molecular flexibility index (Phi) is 5.53. The van der Waals surface area contributed by atoms with Crippen molar-refractivity contribution in [3.63, 3.8) is 0 Å². The lowest BCUT2D eigenvalue weighted by Crippen LogP contribution is -2.31. The molecule has 1 aliphatic rings. The molecule has 0 saturated heterocycles. The summed E-state index contributed by atoms with van der Waals surface area (Å²) in [7, 11) is 3.07. The van der Waals surface area contributed by atoms with Gasteiger partial charge in [0.15, 0.2) is 16.9 Å². The average molecular weight is 474 g/mol. The van der Waals surface area contributed by atoms with E-state index in [0.717, 1.165) is 4.47 Å². The molecule has 8 heteroatoms. The van der Waals surface area contributed by atoms with Crippen molar-refractivity contribution >= 4 is 32.8 Å². The minimum absolute atomic E-state index is 0.0348. The summed E-state index contributed by atoms with van der Waals surface area (Å²) in [6.45, 7) is 0.201. The number of hydrogen-bond acceptors (Lipinski definition) is 6. The van der Waals surface area contributed by atoms with Gasteiger partial charge in [-0.05, 0) is 42.3 Å². The monoisotopic (exact) mass is 473 g/mol. The highest BCUT2D eigenvalue weighted by Gasteiger charge is 2.42. The van der Waals surface area contributed by atoms with Crippen LogP contribution in [0.1, 0.15) is 34.1 Å². The first kappa shape index (κ1) is 20.4. The molecule has 156 valence electrons. The number of halogens is 1. The standard InChI is InChI=1S/C22H20BrNO6/c1-28-16-6-4-12(10-17(16)29-2)19-18-20(26)14-11-13(23)5-7-15(14)30-21(18)22(27)24(19)8-3-9-25/h4-7,10-11,19,25H,3,8-9H2,1-2H3. The Morgan fingerprint density at radius 1 is 1.10 bits per heavy atom. The summed E-state index contributed by atoms with van der Waals surface area (Å²) in [5.41, 5.74) is 1.08. The van der Waals surface area contributed by atoms with Gasteiger partial charge in [0, 0.05) is 17.6 Å². The summed E-state index contributed by atoms with van der Waals surface area (Å²) in [5, 5.41) is 9.71. The van der Waals surface area contributed by atoms with Crippen molar-refractivity contribution in [3.05, 3.63) is 68.0 Å². The summed E-state index contributed by atoms with van der Waals surface area (Å²) < 4.78 is 17.3. The Bertz CT molecular complexity index is 1190. The van der Waals surface area contributed by atoms with Crippen LogP contribution < -0.4 is 14.9 Å². The Morgan fingerprint density at radius 3 is 2.57 bits per heavy atom. The molecule has 1 N–H and O–H groups in total. The molecular weight excluding hydrogens is 454 g/mol. The lowest BCUT2D eigenvalue weighted by atomic mass is 9.98. The predicted octanol–water partition coefficient (Wildman–Crippen LogP) is 3.50. The molecule has 1 atom stereocenters. The number of amides is 1. The van der Waals surface area contributed by atoms with Crippen molar-refractivity contribution < 1.29 is 23.8 Å². The van der Waals surface area contributed by atoms with E-state index in [0.29, 0.717) is 34.5 Å². The Labute approximate surface area is 180 Å². The fourth-order valence-corrected chi connectivity index (χ4v) is 4.19. The van der Waals surface area contributed by atoms with Crippen LogP contribution in [0.5, 0.6) is 11.5 Å². The number of ether oxygens (including phenoxy) is 2. The van der Waals surface area contributed by atoms with Crippen LogP contribution in [0.4, 0.5) is 0 Å². The second-order valence-corrected chi connectivity index (χ2v) is 7.82. The number of hydrogen-bond donors (Lipinski definition) is 1. The third-order valence-electron chi connectivity index (χ3n) is 5.21. The number of aliphatic hydroxyl groups is 1. The van der Waals surface area contributed by atoms with Gasteiger partial charge in [0.1, 0.15) is 5.58 Å². The van der Waals surface area contributed by atoms with Gasteiger partial charge >= 0.3 is 0 Å². The number of carbonyl (C=O) groups is 1. The van der Waals surface area contributed by atoms with Crippen LogP contribution in [0.15, 0.2) is 50.1 Å². The topological polar surface area (TPSA) is 89.2 Å². The Hall–Kier alpha value is -2.84. The normalized spacial score (nSPS) is 15.5. The van der Waals surface area contributed by atoms with Crippen molar-refractivity contribution in [2.24, 2.45) is 0 Å². The maximum atomic E-state index is 13.4. The summed E-state index contributed by atoms with van der Waals surface area (Å²) in [6, 6.07) is 9.74. The first-order valence-electron chi connectivity index (χ1n) is 9.40. The summed E-state index contributed by atoms with van der Waals surface area (Å²) in [5.74, 6) is 0.695. The van der Waals surface area contributed by atoms with Crippen molar-refractivity contribution in [3.8, 4) is 11.5 Å². The number of fused-ring (bicyclic) bond motifs is 2. The molecule has 0 bridgehead atoms. The number of benzene rings is 2. The quantitative estimate of drug-likeness (QED) is 0.589. The number of nitrogens with zero attached hydrogens (tertiary/aromatic N) is 1. The van der Waals surface area contributed by atoms with Gasteiger partial charge in [0.2, 0.25) is 5.76 Å².